The van der Waals surface area contributed by atoms with Crippen molar-refractivity contribution in [3.05, 3.63) is 11.9 Å². The molecule has 0 saturated carbocycles. The maximum atomic E-state index is 12.0. The van der Waals surface area contributed by atoms with Crippen LogP contribution >= 0.6 is 0 Å². The molecule has 0 aromatic carbocycles. The van der Waals surface area contributed by atoms with E-state index in [9.17, 15) is 14.4 Å². The van der Waals surface area contributed by atoms with Crippen LogP contribution in [-0.4, -0.2) is 81.7 Å². The number of aromatic carboxylic acids is 1. The lowest BCUT2D eigenvalue weighted by molar-refractivity contribution is -0.141. The first-order valence-electron chi connectivity index (χ1n) is 6.14. The van der Waals surface area contributed by atoms with Crippen molar-refractivity contribution in [1.82, 2.24) is 24.8 Å². The monoisotopic (exact) mass is 297 g/mol. The van der Waals surface area contributed by atoms with Crippen LogP contribution in [0.1, 0.15) is 16.5 Å². The molecular formula is C11H15N5O5. The zero-order chi connectivity index (χ0) is 15.6. The van der Waals surface area contributed by atoms with Crippen LogP contribution in [0.25, 0.3) is 0 Å². The van der Waals surface area contributed by atoms with Crippen molar-refractivity contribution in [2.75, 3.05) is 33.8 Å². The van der Waals surface area contributed by atoms with Gasteiger partial charge in [-0.3, -0.25) is 4.79 Å². The maximum absolute atomic E-state index is 12.0. The standard InChI is InChI=1S/C11H15N5O5/c1-14(6-9(17)21-2)11(20)15-3-7(4-15)16-5-8(10(18)19)12-13-16/h5,7H,3-4,6H2,1-2H3,(H,18,19). The molecule has 1 saturated heterocycles. The Labute approximate surface area is 119 Å². The van der Waals surface area contributed by atoms with Crippen molar-refractivity contribution in [2.45, 2.75) is 6.04 Å². The lowest BCUT2D eigenvalue weighted by Gasteiger charge is -2.40. The van der Waals surface area contributed by atoms with Crippen LogP contribution in [0.15, 0.2) is 6.20 Å². The lowest BCUT2D eigenvalue weighted by atomic mass is 10.1. The summed E-state index contributed by atoms with van der Waals surface area (Å²) in [5.41, 5.74) is -0.136. The normalized spacial score (nSPS) is 14.5. The predicted octanol–water partition coefficient (Wildman–Crippen LogP) is -0.942. The number of ether oxygens (including phenoxy) is 1. The molecule has 1 aromatic heterocycles. The topological polar surface area (TPSA) is 118 Å². The fraction of sp³-hybridized carbons (Fsp3) is 0.545. The zero-order valence-electron chi connectivity index (χ0n) is 11.6. The van der Waals surface area contributed by atoms with E-state index >= 15 is 0 Å². The molecule has 0 bridgehead atoms. The Morgan fingerprint density at radius 2 is 2.14 bits per heavy atom. The fourth-order valence-electron chi connectivity index (χ4n) is 1.90. The van der Waals surface area contributed by atoms with E-state index in [4.69, 9.17) is 5.11 Å². The van der Waals surface area contributed by atoms with Crippen molar-refractivity contribution in [2.24, 2.45) is 0 Å². The minimum absolute atomic E-state index is 0.110. The molecule has 2 amide bonds. The number of carbonyl (C=O) groups excluding carboxylic acids is 2. The van der Waals surface area contributed by atoms with Gasteiger partial charge in [0.05, 0.1) is 19.3 Å². The molecule has 1 aliphatic heterocycles. The van der Waals surface area contributed by atoms with Crippen molar-refractivity contribution in [3.8, 4) is 0 Å². The number of methoxy groups -OCH3 is 1. The highest BCUT2D eigenvalue weighted by molar-refractivity contribution is 5.84. The molecule has 114 valence electrons. The van der Waals surface area contributed by atoms with E-state index in [1.807, 2.05) is 0 Å². The van der Waals surface area contributed by atoms with Gasteiger partial charge in [0, 0.05) is 20.1 Å². The summed E-state index contributed by atoms with van der Waals surface area (Å²) in [5.74, 6) is -1.64. The third-order valence-electron chi connectivity index (χ3n) is 3.16. The van der Waals surface area contributed by atoms with Gasteiger partial charge in [-0.1, -0.05) is 5.21 Å². The summed E-state index contributed by atoms with van der Waals surface area (Å²) in [6.07, 6.45) is 1.33. The first-order valence-corrected chi connectivity index (χ1v) is 6.14. The minimum Gasteiger partial charge on any atom is -0.476 e. The number of carboxylic acid groups (broad SMARTS) is 1. The summed E-state index contributed by atoms with van der Waals surface area (Å²) < 4.78 is 5.91. The van der Waals surface area contributed by atoms with E-state index in [1.165, 1.54) is 34.8 Å². The van der Waals surface area contributed by atoms with Gasteiger partial charge in [0.1, 0.15) is 6.54 Å². The van der Waals surface area contributed by atoms with Gasteiger partial charge in [0.15, 0.2) is 5.69 Å². The number of carbonyl (C=O) groups is 3. The molecule has 1 aliphatic rings. The number of amides is 2. The molecule has 0 radical (unpaired) electrons. The summed E-state index contributed by atoms with van der Waals surface area (Å²) in [6, 6.07) is -0.406. The number of esters is 1. The van der Waals surface area contributed by atoms with Gasteiger partial charge in [0.2, 0.25) is 0 Å². The van der Waals surface area contributed by atoms with Crippen LogP contribution < -0.4 is 0 Å². The number of likely N-dealkylation sites (N-methyl/N-ethyl adjacent to an activating group) is 1. The Kier molecular flexibility index (Phi) is 4.05. The number of nitrogens with zero attached hydrogens (tertiary/aromatic N) is 5. The second kappa shape index (κ2) is 5.77. The van der Waals surface area contributed by atoms with Crippen LogP contribution in [0.5, 0.6) is 0 Å². The largest absolute Gasteiger partial charge is 0.476 e. The quantitative estimate of drug-likeness (QED) is 0.712. The van der Waals surface area contributed by atoms with Crippen LogP contribution in [0.4, 0.5) is 4.79 Å². The van der Waals surface area contributed by atoms with E-state index in [2.05, 4.69) is 15.0 Å². The number of aromatic nitrogens is 3. The molecule has 10 nitrogen and oxygen atoms in total. The first kappa shape index (κ1) is 14.8. The fourth-order valence-corrected chi connectivity index (χ4v) is 1.90. The molecular weight excluding hydrogens is 282 g/mol. The summed E-state index contributed by atoms with van der Waals surface area (Å²) in [5, 5.41) is 16.0. The number of urea groups is 1. The molecule has 0 unspecified atom stereocenters. The molecule has 2 heterocycles. The summed E-state index contributed by atoms with van der Waals surface area (Å²) in [7, 11) is 2.76. The molecule has 1 fully saturated rings. The Morgan fingerprint density at radius 1 is 1.48 bits per heavy atom. The molecule has 1 N–H and O–H groups in total. The Hall–Kier alpha value is -2.65. The van der Waals surface area contributed by atoms with Gasteiger partial charge in [-0.05, 0) is 0 Å². The Bertz CT molecular complexity index is 565. The molecule has 0 aliphatic carbocycles. The number of likely N-dealkylation sites (tertiary alicyclic amines) is 1. The second-order valence-corrected chi connectivity index (χ2v) is 4.66. The second-order valence-electron chi connectivity index (χ2n) is 4.66. The highest BCUT2D eigenvalue weighted by Gasteiger charge is 2.35. The summed E-state index contributed by atoms with van der Waals surface area (Å²) in [4.78, 5) is 36.6. The average molecular weight is 297 g/mol. The van der Waals surface area contributed by atoms with Crippen LogP contribution in [0.2, 0.25) is 0 Å². The zero-order valence-corrected chi connectivity index (χ0v) is 11.6. The summed E-state index contributed by atoms with van der Waals surface area (Å²) >= 11 is 0. The van der Waals surface area contributed by atoms with Gasteiger partial charge >= 0.3 is 18.0 Å². The van der Waals surface area contributed by atoms with E-state index in [0.717, 1.165) is 0 Å². The van der Waals surface area contributed by atoms with Crippen LogP contribution in [0, 0.1) is 0 Å². The summed E-state index contributed by atoms with van der Waals surface area (Å²) in [6.45, 7) is 0.641. The van der Waals surface area contributed by atoms with Crippen LogP contribution in [-0.2, 0) is 9.53 Å². The SMILES string of the molecule is COC(=O)CN(C)C(=O)N1CC(n2cc(C(=O)O)nn2)C1. The van der Waals surface area contributed by atoms with E-state index in [-0.39, 0.29) is 24.3 Å². The predicted molar refractivity (Wildman–Crippen MR) is 67.6 cm³/mol. The van der Waals surface area contributed by atoms with Gasteiger partial charge in [-0.15, -0.1) is 5.10 Å². The highest BCUT2D eigenvalue weighted by atomic mass is 16.5. The van der Waals surface area contributed by atoms with Crippen molar-refractivity contribution in [1.29, 1.82) is 0 Å². The molecule has 2 rings (SSSR count). The van der Waals surface area contributed by atoms with Gasteiger partial charge in [-0.2, -0.15) is 0 Å². The number of carboxylic acids is 1. The molecule has 10 heteroatoms. The maximum Gasteiger partial charge on any atom is 0.358 e. The van der Waals surface area contributed by atoms with Crippen LogP contribution in [0.3, 0.4) is 0 Å². The number of hydrogen-bond donors (Lipinski definition) is 1. The highest BCUT2D eigenvalue weighted by Crippen LogP contribution is 2.21. The Balaban J connectivity index is 1.86. The van der Waals surface area contributed by atoms with Crippen molar-refractivity contribution in [3.63, 3.8) is 0 Å². The van der Waals surface area contributed by atoms with Gasteiger partial charge < -0.3 is 19.6 Å². The van der Waals surface area contributed by atoms with Crippen molar-refractivity contribution < 1.29 is 24.2 Å². The molecule has 21 heavy (non-hydrogen) atoms. The number of hydrogen-bond acceptors (Lipinski definition) is 6. The first-order chi connectivity index (χ1) is 9.92. The van der Waals surface area contributed by atoms with Crippen molar-refractivity contribution >= 4 is 18.0 Å². The molecule has 0 atom stereocenters. The van der Waals surface area contributed by atoms with Gasteiger partial charge in [-0.25, -0.2) is 14.3 Å². The lowest BCUT2D eigenvalue weighted by Crippen LogP contribution is -2.55. The number of rotatable bonds is 4. The average Bonchev–Trinajstić information content (AvgIpc) is 2.86. The molecule has 0 spiro atoms. The van der Waals surface area contributed by atoms with E-state index in [1.54, 1.807) is 0 Å². The smallest absolute Gasteiger partial charge is 0.358 e. The third-order valence-corrected chi connectivity index (χ3v) is 3.16. The third kappa shape index (κ3) is 3.09. The Morgan fingerprint density at radius 3 is 2.67 bits per heavy atom. The van der Waals surface area contributed by atoms with Gasteiger partial charge in [0.25, 0.3) is 0 Å². The van der Waals surface area contributed by atoms with E-state index < -0.39 is 11.9 Å². The van der Waals surface area contributed by atoms with E-state index in [0.29, 0.717) is 13.1 Å². The molecule has 1 aromatic rings. The minimum atomic E-state index is -1.15.